The minimum atomic E-state index is -0.0247. The largest absolute Gasteiger partial charge is 0.292 e. The van der Waals surface area contributed by atoms with E-state index in [0.29, 0.717) is 4.96 Å². The van der Waals surface area contributed by atoms with Crippen molar-refractivity contribution in [3.63, 3.8) is 0 Å². The van der Waals surface area contributed by atoms with Crippen molar-refractivity contribution in [1.29, 1.82) is 0 Å². The van der Waals surface area contributed by atoms with Crippen LogP contribution in [-0.2, 0) is 0 Å². The zero-order valence-corrected chi connectivity index (χ0v) is 21.3. The molecule has 9 rings (SSSR count). The molecule has 0 spiro atoms. The van der Waals surface area contributed by atoms with Gasteiger partial charge in [-0.3, -0.25) is 9.20 Å². The second-order valence-corrected chi connectivity index (χ2v) is 10.9. The third-order valence-electron chi connectivity index (χ3n) is 7.74. The monoisotopic (exact) mass is 518 g/mol. The molecule has 0 amide bonds. The zero-order valence-electron chi connectivity index (χ0n) is 20.5. The van der Waals surface area contributed by atoms with Crippen LogP contribution in [-0.4, -0.2) is 18.8 Å². The molecule has 5 aromatic carbocycles. The van der Waals surface area contributed by atoms with E-state index in [-0.39, 0.29) is 5.56 Å². The molecule has 4 aromatic heterocycles. The van der Waals surface area contributed by atoms with Crippen molar-refractivity contribution in [2.24, 2.45) is 0 Å². The van der Waals surface area contributed by atoms with Gasteiger partial charge in [-0.25, -0.2) is 14.4 Å². The maximum Gasteiger partial charge on any atom is 0.266 e. The molecule has 0 bridgehead atoms. The Bertz CT molecular complexity index is 2540. The number of hydrogen-bond acceptors (Lipinski definition) is 4. The van der Waals surface area contributed by atoms with Crippen molar-refractivity contribution >= 4 is 75.8 Å². The highest BCUT2D eigenvalue weighted by molar-refractivity contribution is 7.23. The molecule has 0 fully saturated rings. The number of hydrogen-bond donors (Lipinski definition) is 0. The van der Waals surface area contributed by atoms with Gasteiger partial charge in [0.15, 0.2) is 4.96 Å². The summed E-state index contributed by atoms with van der Waals surface area (Å²) >= 11 is 1.54. The fraction of sp³-hybridized carbons (Fsp3) is 0. The number of pyridine rings is 1. The van der Waals surface area contributed by atoms with E-state index in [9.17, 15) is 4.79 Å². The first-order valence-electron chi connectivity index (χ1n) is 12.8. The molecule has 6 heteroatoms. The van der Waals surface area contributed by atoms with Gasteiger partial charge in [-0.05, 0) is 65.0 Å². The first-order valence-corrected chi connectivity index (χ1v) is 13.6. The molecule has 0 aliphatic rings. The number of imidazole rings is 2. The minimum absolute atomic E-state index is 0.0247. The lowest BCUT2D eigenvalue weighted by atomic mass is 9.99. The number of benzene rings is 5. The van der Waals surface area contributed by atoms with E-state index in [1.807, 2.05) is 36.4 Å². The molecule has 9 aromatic rings. The van der Waals surface area contributed by atoms with Crippen LogP contribution in [0.3, 0.4) is 0 Å². The van der Waals surface area contributed by atoms with Crippen LogP contribution in [0.1, 0.15) is 0 Å². The predicted molar refractivity (Wildman–Crippen MR) is 161 cm³/mol. The Hall–Kier alpha value is -5.07. The molecule has 0 unspecified atom stereocenters. The summed E-state index contributed by atoms with van der Waals surface area (Å²) in [5.41, 5.74) is 7.98. The van der Waals surface area contributed by atoms with Gasteiger partial charge in [-0.1, -0.05) is 72.0 Å². The number of para-hydroxylation sites is 2. The number of aromatic nitrogens is 4. The Morgan fingerprint density at radius 3 is 2.13 bits per heavy atom. The summed E-state index contributed by atoms with van der Waals surface area (Å²) in [6.07, 6.45) is 0. The van der Waals surface area contributed by atoms with Crippen molar-refractivity contribution in [1.82, 2.24) is 18.8 Å². The van der Waals surface area contributed by atoms with Crippen molar-refractivity contribution in [3.8, 4) is 11.1 Å². The Balaban J connectivity index is 1.32. The van der Waals surface area contributed by atoms with Crippen LogP contribution in [0.5, 0.6) is 0 Å². The molecule has 0 saturated heterocycles. The van der Waals surface area contributed by atoms with Gasteiger partial charge in [-0.15, -0.1) is 0 Å². The summed E-state index contributed by atoms with van der Waals surface area (Å²) < 4.78 is 4.95. The highest BCUT2D eigenvalue weighted by Crippen LogP contribution is 2.35. The van der Waals surface area contributed by atoms with Crippen molar-refractivity contribution < 1.29 is 0 Å². The molecule has 0 aliphatic heterocycles. The van der Waals surface area contributed by atoms with Crippen LogP contribution < -0.4 is 5.56 Å². The van der Waals surface area contributed by atoms with Crippen LogP contribution in [0.25, 0.3) is 75.6 Å². The summed E-state index contributed by atoms with van der Waals surface area (Å²) in [5.74, 6) is 0. The van der Waals surface area contributed by atoms with Gasteiger partial charge in [0.05, 0.1) is 33.0 Å². The zero-order chi connectivity index (χ0) is 25.7. The first-order chi connectivity index (χ1) is 19.2. The first kappa shape index (κ1) is 20.9. The lowest BCUT2D eigenvalue weighted by Gasteiger charge is -2.11. The van der Waals surface area contributed by atoms with Gasteiger partial charge in [-0.2, -0.15) is 0 Å². The lowest BCUT2D eigenvalue weighted by molar-refractivity contribution is 1.20. The Labute approximate surface area is 224 Å². The molecule has 5 nitrogen and oxygen atoms in total. The standard InChI is InChI=1S/C33H18N4OS/c38-32-23-9-3-6-12-30(23)39-33-35-26-18-20(14-16-29(26)37(32)33)19-13-15-27-24(17-19)21-7-1-2-8-22(21)31-34-25-10-4-5-11-28(25)36(27)31/h1-18H. The van der Waals surface area contributed by atoms with Crippen molar-refractivity contribution in [2.45, 2.75) is 0 Å². The maximum absolute atomic E-state index is 13.3. The van der Waals surface area contributed by atoms with Crippen molar-refractivity contribution in [2.75, 3.05) is 0 Å². The third-order valence-corrected chi connectivity index (χ3v) is 8.77. The Kier molecular flexibility index (Phi) is 4.02. The van der Waals surface area contributed by atoms with Crippen LogP contribution >= 0.6 is 11.3 Å². The highest BCUT2D eigenvalue weighted by atomic mass is 32.1. The van der Waals surface area contributed by atoms with E-state index >= 15 is 0 Å². The van der Waals surface area contributed by atoms with E-state index < -0.39 is 0 Å². The molecule has 39 heavy (non-hydrogen) atoms. The quantitative estimate of drug-likeness (QED) is 0.208. The fourth-order valence-corrected chi connectivity index (χ4v) is 6.97. The molecule has 0 radical (unpaired) electrons. The predicted octanol–water partition coefficient (Wildman–Crippen LogP) is 7.84. The van der Waals surface area contributed by atoms with Crippen LogP contribution in [0.2, 0.25) is 0 Å². The molecular formula is C33H18N4OS. The van der Waals surface area contributed by atoms with Gasteiger partial charge < -0.3 is 0 Å². The second kappa shape index (κ2) is 7.49. The Morgan fingerprint density at radius 2 is 1.23 bits per heavy atom. The topological polar surface area (TPSA) is 51.7 Å². The SMILES string of the molecule is O=c1c2ccccc2sc2nc3cc(-c4ccc5c(c4)c4ccccc4c4nc6ccccc6n54)ccc3n12. The smallest absolute Gasteiger partial charge is 0.266 e. The van der Waals surface area contributed by atoms with Gasteiger partial charge in [0.25, 0.3) is 5.56 Å². The summed E-state index contributed by atoms with van der Waals surface area (Å²) in [6.45, 7) is 0. The maximum atomic E-state index is 13.3. The minimum Gasteiger partial charge on any atom is -0.292 e. The molecular weight excluding hydrogens is 500 g/mol. The summed E-state index contributed by atoms with van der Waals surface area (Å²) in [4.78, 5) is 23.8. The van der Waals surface area contributed by atoms with Crippen LogP contribution in [0.4, 0.5) is 0 Å². The summed E-state index contributed by atoms with van der Waals surface area (Å²) in [6, 6.07) is 37.3. The molecule has 4 heterocycles. The number of nitrogens with zero attached hydrogens (tertiary/aromatic N) is 4. The van der Waals surface area contributed by atoms with E-state index in [1.165, 1.54) is 10.8 Å². The van der Waals surface area contributed by atoms with E-state index in [2.05, 4.69) is 77.2 Å². The molecule has 0 N–H and O–H groups in total. The Morgan fingerprint density at radius 1 is 0.538 bits per heavy atom. The number of rotatable bonds is 1. The van der Waals surface area contributed by atoms with E-state index in [0.717, 1.165) is 59.8 Å². The normalized spacial score (nSPS) is 12.2. The second-order valence-electron chi connectivity index (χ2n) is 9.87. The summed E-state index contributed by atoms with van der Waals surface area (Å²) in [5, 5.41) is 4.20. The summed E-state index contributed by atoms with van der Waals surface area (Å²) in [7, 11) is 0. The highest BCUT2D eigenvalue weighted by Gasteiger charge is 2.15. The lowest BCUT2D eigenvalue weighted by Crippen LogP contribution is -2.11. The van der Waals surface area contributed by atoms with Crippen LogP contribution in [0, 0.1) is 0 Å². The fourth-order valence-electron chi connectivity index (χ4n) is 5.94. The van der Waals surface area contributed by atoms with E-state index in [4.69, 9.17) is 9.97 Å². The van der Waals surface area contributed by atoms with Crippen LogP contribution in [0.15, 0.2) is 114 Å². The molecule has 0 aliphatic carbocycles. The van der Waals surface area contributed by atoms with Gasteiger partial charge >= 0.3 is 0 Å². The molecule has 0 atom stereocenters. The van der Waals surface area contributed by atoms with Crippen molar-refractivity contribution in [3.05, 3.63) is 120 Å². The number of fused-ring (bicyclic) bond motifs is 12. The van der Waals surface area contributed by atoms with Gasteiger partial charge in [0.2, 0.25) is 0 Å². The van der Waals surface area contributed by atoms with Gasteiger partial charge in [0, 0.05) is 15.5 Å². The molecule has 182 valence electrons. The average molecular weight is 519 g/mol. The molecule has 0 saturated carbocycles. The third kappa shape index (κ3) is 2.81. The van der Waals surface area contributed by atoms with Gasteiger partial charge in [0.1, 0.15) is 5.65 Å². The average Bonchev–Trinajstić information content (AvgIpc) is 3.56. The van der Waals surface area contributed by atoms with E-state index in [1.54, 1.807) is 15.7 Å².